The van der Waals surface area contributed by atoms with Crippen LogP contribution in [0.1, 0.15) is 47.6 Å². The second-order valence-electron chi connectivity index (χ2n) is 11.4. The van der Waals surface area contributed by atoms with E-state index in [1.54, 1.807) is 31.4 Å². The van der Waals surface area contributed by atoms with Crippen molar-refractivity contribution in [3.8, 4) is 11.5 Å². The molecule has 0 bridgehead atoms. The molecular formula is C33H37F2N5O3. The number of amides is 1. The van der Waals surface area contributed by atoms with Crippen LogP contribution in [0.3, 0.4) is 0 Å². The number of nitrogens with zero attached hydrogens (tertiary/aromatic N) is 3. The van der Waals surface area contributed by atoms with Gasteiger partial charge in [-0.15, -0.1) is 0 Å². The van der Waals surface area contributed by atoms with E-state index in [0.29, 0.717) is 24.3 Å². The zero-order valence-electron chi connectivity index (χ0n) is 24.3. The first-order valence-corrected chi connectivity index (χ1v) is 14.9. The average Bonchev–Trinajstić information content (AvgIpc) is 3.48. The summed E-state index contributed by atoms with van der Waals surface area (Å²) in [4.78, 5) is 15.1. The fraction of sp³-hybridized carbons (Fsp3) is 0.394. The van der Waals surface area contributed by atoms with E-state index in [0.717, 1.165) is 80.5 Å². The lowest BCUT2D eigenvalue weighted by Crippen LogP contribution is -2.43. The van der Waals surface area contributed by atoms with Gasteiger partial charge in [0.25, 0.3) is 5.91 Å². The largest absolute Gasteiger partial charge is 0.497 e. The van der Waals surface area contributed by atoms with Gasteiger partial charge in [-0.25, -0.2) is 8.78 Å². The molecule has 6 rings (SSSR count). The smallest absolute Gasteiger partial charge is 0.251 e. The summed E-state index contributed by atoms with van der Waals surface area (Å²) in [5.74, 6) is -1.85. The average molecular weight is 590 g/mol. The Morgan fingerprint density at radius 2 is 1.72 bits per heavy atom. The maximum Gasteiger partial charge on any atom is 0.251 e. The van der Waals surface area contributed by atoms with Crippen LogP contribution < -0.4 is 25.0 Å². The van der Waals surface area contributed by atoms with Crippen LogP contribution in [-0.4, -0.2) is 55.5 Å². The number of carbonyl (C=O) groups is 1. The highest BCUT2D eigenvalue weighted by Crippen LogP contribution is 2.33. The van der Waals surface area contributed by atoms with Crippen LogP contribution >= 0.6 is 0 Å². The summed E-state index contributed by atoms with van der Waals surface area (Å²) >= 11 is 0. The molecule has 2 heterocycles. The van der Waals surface area contributed by atoms with Crippen LogP contribution in [0.5, 0.6) is 11.5 Å². The third kappa shape index (κ3) is 6.74. The first kappa shape index (κ1) is 28.9. The molecule has 226 valence electrons. The summed E-state index contributed by atoms with van der Waals surface area (Å²) in [5.41, 5.74) is 2.90. The van der Waals surface area contributed by atoms with Gasteiger partial charge in [0, 0.05) is 55.6 Å². The van der Waals surface area contributed by atoms with Gasteiger partial charge in [0.15, 0.2) is 17.4 Å². The second-order valence-corrected chi connectivity index (χ2v) is 11.4. The van der Waals surface area contributed by atoms with Crippen molar-refractivity contribution >= 4 is 22.5 Å². The fourth-order valence-corrected chi connectivity index (χ4v) is 5.99. The van der Waals surface area contributed by atoms with Crippen LogP contribution in [0, 0.1) is 17.6 Å². The van der Waals surface area contributed by atoms with Crippen molar-refractivity contribution in [1.29, 1.82) is 0 Å². The van der Waals surface area contributed by atoms with E-state index in [2.05, 4.69) is 44.6 Å². The van der Waals surface area contributed by atoms with Crippen LogP contribution in [-0.2, 0) is 6.61 Å². The van der Waals surface area contributed by atoms with Gasteiger partial charge in [-0.3, -0.25) is 9.48 Å². The molecule has 2 aliphatic rings. The third-order valence-corrected chi connectivity index (χ3v) is 8.54. The van der Waals surface area contributed by atoms with E-state index in [1.165, 1.54) is 5.69 Å². The standard InChI is InChI=1S/C33H37F2N5O3/c1-42-28-10-4-23(5-11-28)21-43-32-29(34)16-25(17-30(32)35)33(41)37-19-22-2-7-26(8-3-22)40-20-24-6-9-27(18-31(24)38-40)39-14-12-36-13-15-39/h4-6,9-11,16-18,20,22,26,36H,2-3,7-8,12-15,19,21H2,1H3,(H,37,41)/t22-,26-. The number of methoxy groups -OCH3 is 1. The highest BCUT2D eigenvalue weighted by Gasteiger charge is 2.25. The first-order chi connectivity index (χ1) is 21.0. The SMILES string of the molecule is COc1ccc(COc2c(F)cc(C(=O)NC[C@H]3CC[C@H](n4cc5ccc(N6CCNCC6)cc5n4)CC3)cc2F)cc1. The van der Waals surface area contributed by atoms with Crippen molar-refractivity contribution in [1.82, 2.24) is 20.4 Å². The van der Waals surface area contributed by atoms with Crippen LogP contribution in [0.25, 0.3) is 10.9 Å². The van der Waals surface area contributed by atoms with E-state index < -0.39 is 23.3 Å². The molecule has 2 fully saturated rings. The van der Waals surface area contributed by atoms with Crippen molar-refractivity contribution in [2.24, 2.45) is 5.92 Å². The quantitative estimate of drug-likeness (QED) is 0.270. The summed E-state index contributed by atoms with van der Waals surface area (Å²) in [6.45, 7) is 4.44. The molecule has 4 aromatic rings. The molecule has 1 saturated carbocycles. The van der Waals surface area contributed by atoms with E-state index >= 15 is 0 Å². The Morgan fingerprint density at radius 1 is 1.00 bits per heavy atom. The minimum atomic E-state index is -0.911. The Morgan fingerprint density at radius 3 is 2.42 bits per heavy atom. The number of hydrogen-bond donors (Lipinski definition) is 2. The summed E-state index contributed by atoms with van der Waals surface area (Å²) < 4.78 is 42.0. The Bertz CT molecular complexity index is 1540. The zero-order valence-corrected chi connectivity index (χ0v) is 24.3. The molecule has 3 aromatic carbocycles. The summed E-state index contributed by atoms with van der Waals surface area (Å²) in [6, 6.07) is 15.9. The topological polar surface area (TPSA) is 80.7 Å². The number of fused-ring (bicyclic) bond motifs is 1. The van der Waals surface area contributed by atoms with Gasteiger partial charge in [0.1, 0.15) is 12.4 Å². The lowest BCUT2D eigenvalue weighted by Gasteiger charge is -2.29. The number of rotatable bonds is 9. The Kier molecular flexibility index (Phi) is 8.74. The number of nitrogens with one attached hydrogen (secondary N) is 2. The van der Waals surface area contributed by atoms with E-state index in [-0.39, 0.29) is 12.2 Å². The third-order valence-electron chi connectivity index (χ3n) is 8.54. The molecule has 1 saturated heterocycles. The van der Waals surface area contributed by atoms with E-state index in [4.69, 9.17) is 14.6 Å². The maximum absolute atomic E-state index is 14.7. The summed E-state index contributed by atoms with van der Waals surface area (Å²) in [7, 11) is 1.56. The van der Waals surface area contributed by atoms with Gasteiger partial charge in [-0.1, -0.05) is 12.1 Å². The van der Waals surface area contributed by atoms with Crippen LogP contribution in [0.4, 0.5) is 14.5 Å². The first-order valence-electron chi connectivity index (χ1n) is 14.9. The number of ether oxygens (including phenoxy) is 2. The predicted molar refractivity (Wildman–Crippen MR) is 162 cm³/mol. The number of piperazine rings is 1. The van der Waals surface area contributed by atoms with Gasteiger partial charge in [0.05, 0.1) is 18.7 Å². The zero-order chi connectivity index (χ0) is 29.8. The molecule has 0 spiro atoms. The molecule has 1 amide bonds. The number of anilines is 1. The van der Waals surface area contributed by atoms with Crippen molar-refractivity contribution in [3.63, 3.8) is 0 Å². The minimum absolute atomic E-state index is 0.0157. The molecule has 10 heteroatoms. The van der Waals surface area contributed by atoms with Gasteiger partial charge >= 0.3 is 0 Å². The van der Waals surface area contributed by atoms with Gasteiger partial charge in [0.2, 0.25) is 0 Å². The molecule has 1 aliphatic heterocycles. The molecule has 0 unspecified atom stereocenters. The molecular weight excluding hydrogens is 552 g/mol. The maximum atomic E-state index is 14.7. The predicted octanol–water partition coefficient (Wildman–Crippen LogP) is 5.47. The summed E-state index contributed by atoms with van der Waals surface area (Å²) in [5, 5.41) is 12.3. The number of benzene rings is 3. The number of halogens is 2. The van der Waals surface area contributed by atoms with Gasteiger partial charge in [-0.2, -0.15) is 5.10 Å². The molecule has 0 radical (unpaired) electrons. The van der Waals surface area contributed by atoms with Crippen LogP contribution in [0.2, 0.25) is 0 Å². The van der Waals surface area contributed by atoms with Crippen molar-refractivity contribution in [3.05, 3.63) is 83.6 Å². The van der Waals surface area contributed by atoms with Gasteiger partial charge < -0.3 is 25.0 Å². The van der Waals surface area contributed by atoms with Crippen molar-refractivity contribution < 1.29 is 23.0 Å². The summed E-state index contributed by atoms with van der Waals surface area (Å²) in [6.07, 6.45) is 5.94. The highest BCUT2D eigenvalue weighted by atomic mass is 19.1. The number of aromatic nitrogens is 2. The van der Waals surface area contributed by atoms with E-state index in [1.807, 2.05) is 0 Å². The second kappa shape index (κ2) is 13.0. The molecule has 43 heavy (non-hydrogen) atoms. The lowest BCUT2D eigenvalue weighted by atomic mass is 9.86. The minimum Gasteiger partial charge on any atom is -0.497 e. The van der Waals surface area contributed by atoms with Crippen molar-refractivity contribution in [2.75, 3.05) is 44.7 Å². The Hall–Kier alpha value is -4.18. The Balaban J connectivity index is 0.993. The lowest BCUT2D eigenvalue weighted by molar-refractivity contribution is 0.0940. The van der Waals surface area contributed by atoms with Crippen molar-refractivity contribution in [2.45, 2.75) is 38.3 Å². The fourth-order valence-electron chi connectivity index (χ4n) is 5.99. The molecule has 8 nitrogen and oxygen atoms in total. The molecule has 0 atom stereocenters. The monoisotopic (exact) mass is 589 g/mol. The molecule has 1 aliphatic carbocycles. The molecule has 1 aromatic heterocycles. The normalized spacial score (nSPS) is 18.9. The van der Waals surface area contributed by atoms with E-state index in [9.17, 15) is 13.6 Å². The number of carbonyl (C=O) groups excluding carboxylic acids is 1. The molecule has 2 N–H and O–H groups in total. The Labute approximate surface area is 250 Å². The van der Waals surface area contributed by atoms with Gasteiger partial charge in [-0.05, 0) is 79.6 Å². The van der Waals surface area contributed by atoms with Crippen LogP contribution in [0.15, 0.2) is 60.8 Å². The number of hydrogen-bond acceptors (Lipinski definition) is 6. The highest BCUT2D eigenvalue weighted by molar-refractivity contribution is 5.94.